The fourth-order valence-corrected chi connectivity index (χ4v) is 5.18. The number of aromatic nitrogens is 1. The average Bonchev–Trinajstić information content (AvgIpc) is 3.14. The van der Waals surface area contributed by atoms with Gasteiger partial charge in [-0.2, -0.15) is 0 Å². The number of nitrogens with zero attached hydrogens (tertiary/aromatic N) is 1. The topological polar surface area (TPSA) is 77.4 Å². The van der Waals surface area contributed by atoms with E-state index in [1.807, 2.05) is 42.7 Å². The predicted octanol–water partition coefficient (Wildman–Crippen LogP) is 4.74. The summed E-state index contributed by atoms with van der Waals surface area (Å²) in [7, 11) is -2.63. The first-order chi connectivity index (χ1) is 15.7. The Hall–Kier alpha value is -3.58. The number of rotatable bonds is 6. The zero-order chi connectivity index (χ0) is 23.8. The summed E-state index contributed by atoms with van der Waals surface area (Å²) in [5, 5.41) is 0.865. The highest BCUT2D eigenvalue weighted by molar-refractivity contribution is 7.90. The third-order valence-electron chi connectivity index (χ3n) is 5.78. The van der Waals surface area contributed by atoms with E-state index in [2.05, 4.69) is 23.8 Å². The Morgan fingerprint density at radius 1 is 0.939 bits per heavy atom. The summed E-state index contributed by atoms with van der Waals surface area (Å²) in [5.74, 6) is -0.291. The van der Waals surface area contributed by atoms with E-state index in [0.29, 0.717) is 12.3 Å². The standard InChI is InChI=1S/C26H26N2O4S/c1-17-12-18(2)23(19(3)13-17)16-28-24-11-6-5-8-20(24)14-25(28)26(29)27-33(30,31)22-10-7-9-21(15-22)32-4/h5-15H,16H2,1-4H3,(H,27,29). The smallest absolute Gasteiger partial charge is 0.281 e. The molecule has 0 aliphatic carbocycles. The van der Waals surface area contributed by atoms with E-state index in [-0.39, 0.29) is 10.6 Å². The van der Waals surface area contributed by atoms with Gasteiger partial charge in [0.2, 0.25) is 0 Å². The fourth-order valence-electron chi connectivity index (χ4n) is 4.19. The minimum Gasteiger partial charge on any atom is -0.497 e. The number of amides is 1. The minimum atomic E-state index is -4.08. The monoisotopic (exact) mass is 462 g/mol. The molecule has 0 aliphatic rings. The molecule has 1 amide bonds. The van der Waals surface area contributed by atoms with Crippen LogP contribution >= 0.6 is 0 Å². The zero-order valence-electron chi connectivity index (χ0n) is 19.0. The Kier molecular flexibility index (Phi) is 5.99. The second-order valence-electron chi connectivity index (χ2n) is 8.17. The average molecular weight is 463 g/mol. The van der Waals surface area contributed by atoms with Gasteiger partial charge in [-0.3, -0.25) is 4.79 Å². The summed E-state index contributed by atoms with van der Waals surface area (Å²) in [4.78, 5) is 13.2. The van der Waals surface area contributed by atoms with Crippen molar-refractivity contribution in [2.24, 2.45) is 0 Å². The maximum atomic E-state index is 13.3. The molecule has 6 nitrogen and oxygen atoms in total. The van der Waals surface area contributed by atoms with Crippen LogP contribution in [0.3, 0.4) is 0 Å². The molecule has 0 aliphatic heterocycles. The van der Waals surface area contributed by atoms with E-state index in [4.69, 9.17) is 4.74 Å². The minimum absolute atomic E-state index is 0.0388. The lowest BCUT2D eigenvalue weighted by Gasteiger charge is -2.16. The molecule has 1 aromatic heterocycles. The second-order valence-corrected chi connectivity index (χ2v) is 9.85. The number of aryl methyl sites for hydroxylation is 3. The lowest BCUT2D eigenvalue weighted by molar-refractivity contribution is 0.0973. The van der Waals surface area contributed by atoms with Gasteiger partial charge in [0.25, 0.3) is 15.9 Å². The molecule has 170 valence electrons. The molecule has 0 bridgehead atoms. The number of carbonyl (C=O) groups is 1. The van der Waals surface area contributed by atoms with Crippen LogP contribution in [0.2, 0.25) is 0 Å². The first-order valence-electron chi connectivity index (χ1n) is 10.6. The molecular formula is C26H26N2O4S. The molecule has 0 fully saturated rings. The van der Waals surface area contributed by atoms with Crippen LogP contribution in [0.5, 0.6) is 5.75 Å². The number of para-hydroxylation sites is 1. The lowest BCUT2D eigenvalue weighted by Crippen LogP contribution is -2.32. The first kappa shape index (κ1) is 22.6. The van der Waals surface area contributed by atoms with Gasteiger partial charge in [0.15, 0.2) is 0 Å². The molecule has 3 aromatic carbocycles. The van der Waals surface area contributed by atoms with Gasteiger partial charge in [-0.15, -0.1) is 0 Å². The van der Waals surface area contributed by atoms with Crippen LogP contribution < -0.4 is 9.46 Å². The predicted molar refractivity (Wildman–Crippen MR) is 129 cm³/mol. The van der Waals surface area contributed by atoms with E-state index in [1.165, 1.54) is 24.8 Å². The van der Waals surface area contributed by atoms with Crippen molar-refractivity contribution >= 4 is 26.8 Å². The number of sulfonamides is 1. The zero-order valence-corrected chi connectivity index (χ0v) is 19.9. The largest absolute Gasteiger partial charge is 0.497 e. The molecule has 4 rings (SSSR count). The molecule has 0 atom stereocenters. The van der Waals surface area contributed by atoms with E-state index in [9.17, 15) is 13.2 Å². The van der Waals surface area contributed by atoms with Crippen molar-refractivity contribution in [3.8, 4) is 5.75 Å². The summed E-state index contributed by atoms with van der Waals surface area (Å²) in [6.07, 6.45) is 0. The van der Waals surface area contributed by atoms with Crippen molar-refractivity contribution in [3.63, 3.8) is 0 Å². The van der Waals surface area contributed by atoms with Gasteiger partial charge < -0.3 is 9.30 Å². The summed E-state index contributed by atoms with van der Waals surface area (Å²) < 4.78 is 35.0. The number of ether oxygens (including phenoxy) is 1. The molecule has 0 saturated carbocycles. The Labute approximate surface area is 193 Å². The Morgan fingerprint density at radius 2 is 1.64 bits per heavy atom. The molecule has 4 aromatic rings. The Balaban J connectivity index is 1.76. The van der Waals surface area contributed by atoms with Crippen LogP contribution in [-0.2, 0) is 16.6 Å². The maximum absolute atomic E-state index is 13.3. The highest BCUT2D eigenvalue weighted by Gasteiger charge is 2.23. The Morgan fingerprint density at radius 3 is 2.33 bits per heavy atom. The normalized spacial score (nSPS) is 11.5. The first-order valence-corrected chi connectivity index (χ1v) is 12.0. The van der Waals surface area contributed by atoms with Crippen molar-refractivity contribution in [2.75, 3.05) is 7.11 Å². The van der Waals surface area contributed by atoms with Crippen molar-refractivity contribution in [2.45, 2.75) is 32.2 Å². The van der Waals surface area contributed by atoms with Crippen molar-refractivity contribution < 1.29 is 17.9 Å². The summed E-state index contributed by atoms with van der Waals surface area (Å²) in [6.45, 7) is 6.60. The molecular weight excluding hydrogens is 436 g/mol. The van der Waals surface area contributed by atoms with Gasteiger partial charge in [-0.25, -0.2) is 13.1 Å². The van der Waals surface area contributed by atoms with Gasteiger partial charge in [-0.1, -0.05) is 42.0 Å². The summed E-state index contributed by atoms with van der Waals surface area (Å²) in [6, 6.07) is 19.6. The third kappa shape index (κ3) is 4.50. The summed E-state index contributed by atoms with van der Waals surface area (Å²) >= 11 is 0. The van der Waals surface area contributed by atoms with Crippen LogP contribution in [-0.4, -0.2) is 26.0 Å². The molecule has 0 saturated heterocycles. The molecule has 33 heavy (non-hydrogen) atoms. The lowest BCUT2D eigenvalue weighted by atomic mass is 9.99. The van der Waals surface area contributed by atoms with Crippen molar-refractivity contribution in [1.29, 1.82) is 0 Å². The van der Waals surface area contributed by atoms with Gasteiger partial charge in [0.1, 0.15) is 11.4 Å². The number of hydrogen-bond donors (Lipinski definition) is 1. The number of fused-ring (bicyclic) bond motifs is 1. The third-order valence-corrected chi connectivity index (χ3v) is 7.11. The van der Waals surface area contributed by atoms with Gasteiger partial charge in [0, 0.05) is 23.5 Å². The number of benzene rings is 3. The molecule has 0 spiro atoms. The van der Waals surface area contributed by atoms with Crippen LogP contribution in [0.1, 0.15) is 32.7 Å². The van der Waals surface area contributed by atoms with E-state index in [0.717, 1.165) is 27.6 Å². The quantitative estimate of drug-likeness (QED) is 0.449. The van der Waals surface area contributed by atoms with Crippen molar-refractivity contribution in [3.05, 3.63) is 94.7 Å². The van der Waals surface area contributed by atoms with Crippen molar-refractivity contribution in [1.82, 2.24) is 9.29 Å². The number of carbonyl (C=O) groups excluding carboxylic acids is 1. The second kappa shape index (κ2) is 8.75. The van der Waals surface area contributed by atoms with Gasteiger partial charge >= 0.3 is 0 Å². The summed E-state index contributed by atoms with van der Waals surface area (Å²) in [5.41, 5.74) is 5.67. The number of methoxy groups -OCH3 is 1. The van der Waals surface area contributed by atoms with Crippen LogP contribution in [0, 0.1) is 20.8 Å². The molecule has 7 heteroatoms. The van der Waals surface area contributed by atoms with E-state index < -0.39 is 15.9 Å². The molecule has 0 radical (unpaired) electrons. The molecule has 1 heterocycles. The van der Waals surface area contributed by atoms with E-state index in [1.54, 1.807) is 18.2 Å². The Bertz CT molecular complexity index is 1450. The fraction of sp³-hybridized carbons (Fsp3) is 0.192. The van der Waals surface area contributed by atoms with E-state index >= 15 is 0 Å². The van der Waals surface area contributed by atoms with Crippen LogP contribution in [0.15, 0.2) is 71.6 Å². The van der Waals surface area contributed by atoms with Crippen LogP contribution in [0.25, 0.3) is 10.9 Å². The number of hydrogen-bond acceptors (Lipinski definition) is 4. The highest BCUT2D eigenvalue weighted by atomic mass is 32.2. The molecule has 0 unspecified atom stereocenters. The SMILES string of the molecule is COc1cccc(S(=O)(=O)NC(=O)c2cc3ccccc3n2Cc2c(C)cc(C)cc2C)c1. The van der Waals surface area contributed by atoms with Crippen LogP contribution in [0.4, 0.5) is 0 Å². The number of nitrogens with one attached hydrogen (secondary N) is 1. The maximum Gasteiger partial charge on any atom is 0.281 e. The molecule has 1 N–H and O–H groups in total. The van der Waals surface area contributed by atoms with Gasteiger partial charge in [0.05, 0.1) is 12.0 Å². The highest BCUT2D eigenvalue weighted by Crippen LogP contribution is 2.25. The van der Waals surface area contributed by atoms with Gasteiger partial charge in [-0.05, 0) is 61.7 Å².